The van der Waals surface area contributed by atoms with Gasteiger partial charge < -0.3 is 9.88 Å². The average molecular weight is 329 g/mol. The van der Waals surface area contributed by atoms with E-state index >= 15 is 0 Å². The quantitative estimate of drug-likeness (QED) is 0.924. The van der Waals surface area contributed by atoms with Gasteiger partial charge in [0.05, 0.1) is 0 Å². The zero-order chi connectivity index (χ0) is 16.9. The first-order chi connectivity index (χ1) is 11.5. The second-order valence-corrected chi connectivity index (χ2v) is 7.79. The molecule has 1 aliphatic carbocycles. The maximum Gasteiger partial charge on any atom is 0.243 e. The lowest BCUT2D eigenvalue weighted by Crippen LogP contribution is -2.60. The summed E-state index contributed by atoms with van der Waals surface area (Å²) < 4.78 is 0. The summed E-state index contributed by atoms with van der Waals surface area (Å²) in [7, 11) is 0. The number of H-pyrrole nitrogens is 1. The van der Waals surface area contributed by atoms with Crippen LogP contribution in [0, 0.1) is 13.8 Å². The van der Waals surface area contributed by atoms with Gasteiger partial charge in [0.1, 0.15) is 5.54 Å². The fourth-order valence-electron chi connectivity index (χ4n) is 4.60. The van der Waals surface area contributed by atoms with Crippen LogP contribution in [0.25, 0.3) is 0 Å². The van der Waals surface area contributed by atoms with Crippen LogP contribution in [0.3, 0.4) is 0 Å². The van der Waals surface area contributed by atoms with Gasteiger partial charge in [-0.3, -0.25) is 14.5 Å². The van der Waals surface area contributed by atoms with Crippen LogP contribution in [0.1, 0.15) is 55.3 Å². The van der Waals surface area contributed by atoms with E-state index in [1.807, 2.05) is 13.8 Å². The van der Waals surface area contributed by atoms with Crippen LogP contribution in [0.5, 0.6) is 0 Å². The second kappa shape index (κ2) is 5.73. The Morgan fingerprint density at radius 1 is 1.17 bits per heavy atom. The molecular weight excluding hydrogens is 302 g/mol. The van der Waals surface area contributed by atoms with Crippen molar-refractivity contribution < 1.29 is 4.79 Å². The van der Waals surface area contributed by atoms with Crippen molar-refractivity contribution in [3.8, 4) is 0 Å². The highest BCUT2D eigenvalue weighted by molar-refractivity contribution is 5.88. The summed E-state index contributed by atoms with van der Waals surface area (Å²) in [4.78, 5) is 33.3. The monoisotopic (exact) mass is 329 g/mol. The predicted molar refractivity (Wildman–Crippen MR) is 92.9 cm³/mol. The van der Waals surface area contributed by atoms with E-state index in [1.165, 1.54) is 12.8 Å². The molecule has 1 aromatic rings. The van der Waals surface area contributed by atoms with Crippen LogP contribution >= 0.6 is 0 Å². The number of pyridine rings is 1. The summed E-state index contributed by atoms with van der Waals surface area (Å²) in [5, 5.41) is 0. The maximum atomic E-state index is 13.2. The molecule has 4 rings (SSSR count). The minimum absolute atomic E-state index is 0.117. The minimum atomic E-state index is -0.324. The van der Waals surface area contributed by atoms with Crippen LogP contribution in [0.4, 0.5) is 0 Å². The van der Waals surface area contributed by atoms with Gasteiger partial charge in [0.2, 0.25) is 5.91 Å². The normalized spacial score (nSPS) is 28.1. The smallest absolute Gasteiger partial charge is 0.243 e. The van der Waals surface area contributed by atoms with Gasteiger partial charge in [-0.15, -0.1) is 0 Å². The number of carbonyl (C=O) groups is 1. The molecule has 2 aliphatic heterocycles. The number of carbonyl (C=O) groups excluding carboxylic acids is 1. The number of amides is 1. The van der Waals surface area contributed by atoms with Crippen LogP contribution in [0.2, 0.25) is 0 Å². The van der Waals surface area contributed by atoms with Gasteiger partial charge in [0.25, 0.3) is 0 Å². The minimum Gasteiger partial charge on any atom is -0.363 e. The van der Waals surface area contributed by atoms with E-state index in [0.29, 0.717) is 18.5 Å². The Hall–Kier alpha value is -1.62. The van der Waals surface area contributed by atoms with Crippen LogP contribution in [-0.4, -0.2) is 45.4 Å². The summed E-state index contributed by atoms with van der Waals surface area (Å²) in [6.07, 6.45) is 8.24. The molecule has 0 bridgehead atoms. The number of likely N-dealkylation sites (tertiary alicyclic amines) is 2. The molecular formula is C19H27N3O2. The first kappa shape index (κ1) is 15.9. The largest absolute Gasteiger partial charge is 0.363 e. The number of nitrogens with zero attached hydrogens (tertiary/aromatic N) is 2. The molecule has 130 valence electrons. The van der Waals surface area contributed by atoms with Crippen molar-refractivity contribution in [2.45, 2.75) is 70.5 Å². The van der Waals surface area contributed by atoms with Crippen LogP contribution in [-0.2, 0) is 11.3 Å². The lowest BCUT2D eigenvalue weighted by atomic mass is 9.85. The molecule has 1 N–H and O–H groups in total. The zero-order valence-electron chi connectivity index (χ0n) is 14.7. The zero-order valence-corrected chi connectivity index (χ0v) is 14.7. The highest BCUT2D eigenvalue weighted by Crippen LogP contribution is 2.42. The Morgan fingerprint density at radius 3 is 2.58 bits per heavy atom. The predicted octanol–water partition coefficient (Wildman–Crippen LogP) is 2.11. The summed E-state index contributed by atoms with van der Waals surface area (Å²) in [5.41, 5.74) is 2.30. The molecule has 1 amide bonds. The summed E-state index contributed by atoms with van der Waals surface area (Å²) in [6.45, 7) is 6.28. The number of aryl methyl sites for hydroxylation is 1. The van der Waals surface area contributed by atoms with Crippen molar-refractivity contribution in [3.63, 3.8) is 0 Å². The molecule has 24 heavy (non-hydrogen) atoms. The van der Waals surface area contributed by atoms with Crippen LogP contribution in [0.15, 0.2) is 11.0 Å². The first-order valence-corrected chi connectivity index (χ1v) is 9.27. The van der Waals surface area contributed by atoms with Gasteiger partial charge in [-0.1, -0.05) is 0 Å². The number of hydrogen-bond acceptors (Lipinski definition) is 3. The van der Waals surface area contributed by atoms with E-state index in [9.17, 15) is 9.59 Å². The number of aromatic nitrogens is 1. The Morgan fingerprint density at radius 2 is 1.88 bits per heavy atom. The SMILES string of the molecule is Cc1c[nH]c(CN2CCCC23CCCN(C2CC2)C3=O)c(C)c1=O. The number of hydrogen-bond donors (Lipinski definition) is 1. The molecule has 3 fully saturated rings. The third kappa shape index (κ3) is 2.41. The molecule has 5 nitrogen and oxygen atoms in total. The van der Waals surface area contributed by atoms with E-state index in [0.717, 1.165) is 55.6 Å². The van der Waals surface area contributed by atoms with E-state index in [1.54, 1.807) is 6.20 Å². The lowest BCUT2D eigenvalue weighted by molar-refractivity contribution is -0.148. The van der Waals surface area contributed by atoms with E-state index < -0.39 is 0 Å². The van der Waals surface area contributed by atoms with Gasteiger partial charge in [-0.25, -0.2) is 0 Å². The van der Waals surface area contributed by atoms with Crippen molar-refractivity contribution in [3.05, 3.63) is 33.2 Å². The maximum absolute atomic E-state index is 13.2. The van der Waals surface area contributed by atoms with Crippen molar-refractivity contribution in [2.24, 2.45) is 0 Å². The fraction of sp³-hybridized carbons (Fsp3) is 0.684. The van der Waals surface area contributed by atoms with Crippen molar-refractivity contribution in [1.29, 1.82) is 0 Å². The lowest BCUT2D eigenvalue weighted by Gasteiger charge is -2.45. The summed E-state index contributed by atoms with van der Waals surface area (Å²) >= 11 is 0. The topological polar surface area (TPSA) is 56.4 Å². The van der Waals surface area contributed by atoms with Crippen molar-refractivity contribution in [2.75, 3.05) is 13.1 Å². The van der Waals surface area contributed by atoms with E-state index in [2.05, 4.69) is 14.8 Å². The highest BCUT2D eigenvalue weighted by Gasteiger charge is 2.53. The molecule has 1 atom stereocenters. The standard InChI is InChI=1S/C19H27N3O2/c1-13-11-20-16(14(2)17(13)23)12-21-9-3-7-19(21)8-4-10-22(18(19)24)15-5-6-15/h11,15H,3-10,12H2,1-2H3,(H,20,23). The van der Waals surface area contributed by atoms with Crippen molar-refractivity contribution in [1.82, 2.24) is 14.8 Å². The number of nitrogens with one attached hydrogen (secondary N) is 1. The molecule has 0 radical (unpaired) electrons. The number of piperidine rings is 1. The molecule has 1 spiro atoms. The summed E-state index contributed by atoms with van der Waals surface area (Å²) in [6, 6.07) is 0.498. The van der Waals surface area contributed by atoms with Gasteiger partial charge in [-0.2, -0.15) is 0 Å². The average Bonchev–Trinajstić information content (AvgIpc) is 3.34. The van der Waals surface area contributed by atoms with Gasteiger partial charge >= 0.3 is 0 Å². The van der Waals surface area contributed by atoms with Crippen LogP contribution < -0.4 is 5.43 Å². The van der Waals surface area contributed by atoms with E-state index in [-0.39, 0.29) is 11.0 Å². The molecule has 1 aromatic heterocycles. The molecule has 3 heterocycles. The fourth-order valence-corrected chi connectivity index (χ4v) is 4.60. The molecule has 2 saturated heterocycles. The Bertz CT molecular complexity index is 722. The summed E-state index contributed by atoms with van der Waals surface area (Å²) in [5.74, 6) is 0.348. The Kier molecular flexibility index (Phi) is 3.79. The molecule has 1 unspecified atom stereocenters. The molecule has 5 heteroatoms. The molecule has 0 aromatic carbocycles. The van der Waals surface area contributed by atoms with Gasteiger partial charge in [-0.05, 0) is 58.9 Å². The second-order valence-electron chi connectivity index (χ2n) is 7.79. The van der Waals surface area contributed by atoms with Crippen molar-refractivity contribution >= 4 is 5.91 Å². The first-order valence-electron chi connectivity index (χ1n) is 9.27. The van der Waals surface area contributed by atoms with Gasteiger partial charge in [0, 0.05) is 42.1 Å². The van der Waals surface area contributed by atoms with E-state index in [4.69, 9.17) is 0 Å². The third-order valence-electron chi connectivity index (χ3n) is 6.22. The van der Waals surface area contributed by atoms with Gasteiger partial charge in [0.15, 0.2) is 5.43 Å². The number of aromatic amines is 1. The molecule has 1 saturated carbocycles. The Balaban J connectivity index is 1.62. The molecule has 3 aliphatic rings. The highest BCUT2D eigenvalue weighted by atomic mass is 16.2. The number of rotatable bonds is 3. The Labute approximate surface area is 143 Å². The third-order valence-corrected chi connectivity index (χ3v) is 6.22.